The molecule has 114 valence electrons. The molecule has 0 saturated heterocycles. The first-order valence-corrected chi connectivity index (χ1v) is 7.69. The fourth-order valence-corrected chi connectivity index (χ4v) is 2.66. The highest BCUT2D eigenvalue weighted by molar-refractivity contribution is 6.34. The number of nitrogens with zero attached hydrogens (tertiary/aromatic N) is 3. The van der Waals surface area contributed by atoms with E-state index in [-0.39, 0.29) is 0 Å². The smallest absolute Gasteiger partial charge is 0.159 e. The van der Waals surface area contributed by atoms with Crippen molar-refractivity contribution in [3.05, 3.63) is 63.3 Å². The first-order valence-electron chi connectivity index (χ1n) is 6.93. The number of nitrogens with one attached hydrogen (secondary N) is 1. The maximum Gasteiger partial charge on any atom is 0.159 e. The highest BCUT2D eigenvalue weighted by Crippen LogP contribution is 2.27. The highest BCUT2D eigenvalue weighted by atomic mass is 35.5. The molecule has 0 aliphatic rings. The van der Waals surface area contributed by atoms with Crippen molar-refractivity contribution in [3.8, 4) is 6.07 Å². The summed E-state index contributed by atoms with van der Waals surface area (Å²) in [7, 11) is 0. The Balaban J connectivity index is 1.95. The van der Waals surface area contributed by atoms with Crippen LogP contribution in [0.5, 0.6) is 0 Å². The van der Waals surface area contributed by atoms with E-state index in [0.717, 1.165) is 26.9 Å². The molecule has 23 heavy (non-hydrogen) atoms. The minimum Gasteiger partial charge on any atom is -0.364 e. The van der Waals surface area contributed by atoms with Gasteiger partial charge in [-0.1, -0.05) is 35.3 Å². The van der Waals surface area contributed by atoms with Gasteiger partial charge in [-0.15, -0.1) is 10.2 Å². The van der Waals surface area contributed by atoms with Gasteiger partial charge in [0.25, 0.3) is 0 Å². The topological polar surface area (TPSA) is 61.6 Å². The summed E-state index contributed by atoms with van der Waals surface area (Å²) in [6, 6.07) is 13.2. The number of rotatable bonds is 3. The normalized spacial score (nSPS) is 10.5. The lowest BCUT2D eigenvalue weighted by Crippen LogP contribution is -2.04. The average Bonchev–Trinajstić information content (AvgIpc) is 2.57. The summed E-state index contributed by atoms with van der Waals surface area (Å²) >= 11 is 12.2. The Hall–Kier alpha value is -2.35. The van der Waals surface area contributed by atoms with Gasteiger partial charge in [0.15, 0.2) is 11.0 Å². The van der Waals surface area contributed by atoms with Crippen LogP contribution in [0.3, 0.4) is 0 Å². The molecule has 0 bridgehead atoms. The van der Waals surface area contributed by atoms with Crippen LogP contribution in [0.4, 0.5) is 5.82 Å². The van der Waals surface area contributed by atoms with Crippen LogP contribution in [0.1, 0.15) is 16.7 Å². The van der Waals surface area contributed by atoms with Crippen LogP contribution in [0.2, 0.25) is 10.2 Å². The van der Waals surface area contributed by atoms with Crippen LogP contribution >= 0.6 is 23.2 Å². The number of benzene rings is 2. The third-order valence-electron chi connectivity index (χ3n) is 3.56. The first kappa shape index (κ1) is 15.5. The number of hydrogen-bond donors (Lipinski definition) is 1. The van der Waals surface area contributed by atoms with Crippen LogP contribution < -0.4 is 5.32 Å². The van der Waals surface area contributed by atoms with Gasteiger partial charge in [0, 0.05) is 22.3 Å². The molecule has 0 atom stereocenters. The van der Waals surface area contributed by atoms with Gasteiger partial charge in [-0.25, -0.2) is 0 Å². The fraction of sp³-hybridized carbons (Fsp3) is 0.118. The Morgan fingerprint density at radius 3 is 2.65 bits per heavy atom. The quantitative estimate of drug-likeness (QED) is 0.747. The molecule has 0 saturated carbocycles. The number of aryl methyl sites for hydroxylation is 1. The molecule has 1 aromatic heterocycles. The molecule has 0 spiro atoms. The number of halogens is 2. The molecule has 1 heterocycles. The molecule has 0 aliphatic carbocycles. The van der Waals surface area contributed by atoms with E-state index >= 15 is 0 Å². The molecule has 4 nitrogen and oxygen atoms in total. The van der Waals surface area contributed by atoms with E-state index in [9.17, 15) is 0 Å². The Labute approximate surface area is 143 Å². The van der Waals surface area contributed by atoms with Gasteiger partial charge in [0.2, 0.25) is 0 Å². The number of fused-ring (bicyclic) bond motifs is 1. The zero-order valence-corrected chi connectivity index (χ0v) is 13.8. The zero-order chi connectivity index (χ0) is 16.4. The van der Waals surface area contributed by atoms with Crippen LogP contribution in [0.15, 0.2) is 36.4 Å². The standard InChI is InChI=1S/C17H12Cl2N4/c1-10-2-3-12(7-15(10)18)9-21-17-14-6-11(8-20)4-5-13(14)16(19)22-23-17/h2-7H,9H2,1H3,(H,21,23). The molecular formula is C17H12Cl2N4. The van der Waals surface area contributed by atoms with E-state index < -0.39 is 0 Å². The SMILES string of the molecule is Cc1ccc(CNc2nnc(Cl)c3ccc(C#N)cc23)cc1Cl. The zero-order valence-electron chi connectivity index (χ0n) is 12.3. The summed E-state index contributed by atoms with van der Waals surface area (Å²) in [6.45, 7) is 2.50. The Morgan fingerprint density at radius 1 is 1.09 bits per heavy atom. The molecule has 3 aromatic rings. The summed E-state index contributed by atoms with van der Waals surface area (Å²) in [6.07, 6.45) is 0. The summed E-state index contributed by atoms with van der Waals surface area (Å²) in [5, 5.41) is 22.9. The van der Waals surface area contributed by atoms with E-state index in [1.165, 1.54) is 0 Å². The average molecular weight is 343 g/mol. The summed E-state index contributed by atoms with van der Waals surface area (Å²) in [5.74, 6) is 0.582. The molecule has 1 N–H and O–H groups in total. The second-order valence-electron chi connectivity index (χ2n) is 5.15. The van der Waals surface area contributed by atoms with Crippen molar-refractivity contribution in [2.75, 3.05) is 5.32 Å². The summed E-state index contributed by atoms with van der Waals surface area (Å²) in [4.78, 5) is 0. The van der Waals surface area contributed by atoms with E-state index in [0.29, 0.717) is 23.1 Å². The van der Waals surface area contributed by atoms with Crippen molar-refractivity contribution < 1.29 is 0 Å². The number of nitriles is 1. The molecule has 0 radical (unpaired) electrons. The largest absolute Gasteiger partial charge is 0.364 e. The Bertz CT molecular complexity index is 932. The van der Waals surface area contributed by atoms with E-state index in [4.69, 9.17) is 28.5 Å². The molecule has 0 fully saturated rings. The Morgan fingerprint density at radius 2 is 1.91 bits per heavy atom. The lowest BCUT2D eigenvalue weighted by atomic mass is 10.1. The van der Waals surface area contributed by atoms with Crippen molar-refractivity contribution >= 4 is 39.8 Å². The van der Waals surface area contributed by atoms with Crippen molar-refractivity contribution in [1.29, 1.82) is 5.26 Å². The van der Waals surface area contributed by atoms with Gasteiger partial charge in [0.1, 0.15) is 0 Å². The number of anilines is 1. The summed E-state index contributed by atoms with van der Waals surface area (Å²) < 4.78 is 0. The first-order chi connectivity index (χ1) is 11.1. The lowest BCUT2D eigenvalue weighted by molar-refractivity contribution is 1.02. The maximum atomic E-state index is 9.07. The number of aromatic nitrogens is 2. The van der Waals surface area contributed by atoms with Crippen molar-refractivity contribution in [2.24, 2.45) is 0 Å². The van der Waals surface area contributed by atoms with Gasteiger partial charge < -0.3 is 5.32 Å². The molecule has 0 aliphatic heterocycles. The lowest BCUT2D eigenvalue weighted by Gasteiger charge is -2.10. The van der Waals surface area contributed by atoms with E-state index in [2.05, 4.69) is 21.6 Å². The predicted octanol–water partition coefficient (Wildman–Crippen LogP) is 4.73. The van der Waals surface area contributed by atoms with Gasteiger partial charge >= 0.3 is 0 Å². The molecule has 0 unspecified atom stereocenters. The van der Waals surface area contributed by atoms with Crippen LogP contribution in [-0.4, -0.2) is 10.2 Å². The van der Waals surface area contributed by atoms with Gasteiger partial charge in [0.05, 0.1) is 11.6 Å². The van der Waals surface area contributed by atoms with Gasteiger partial charge in [-0.05, 0) is 42.3 Å². The third kappa shape index (κ3) is 3.21. The molecule has 6 heteroatoms. The molecule has 2 aromatic carbocycles. The van der Waals surface area contributed by atoms with Crippen LogP contribution in [-0.2, 0) is 6.54 Å². The summed E-state index contributed by atoms with van der Waals surface area (Å²) in [5.41, 5.74) is 2.61. The monoisotopic (exact) mass is 342 g/mol. The van der Waals surface area contributed by atoms with Crippen molar-refractivity contribution in [3.63, 3.8) is 0 Å². The minimum absolute atomic E-state index is 0.313. The van der Waals surface area contributed by atoms with Gasteiger partial charge in [-0.3, -0.25) is 0 Å². The van der Waals surface area contributed by atoms with E-state index in [1.54, 1.807) is 18.2 Å². The van der Waals surface area contributed by atoms with Gasteiger partial charge in [-0.2, -0.15) is 5.26 Å². The molecular weight excluding hydrogens is 331 g/mol. The maximum absolute atomic E-state index is 9.07. The van der Waals surface area contributed by atoms with Crippen molar-refractivity contribution in [2.45, 2.75) is 13.5 Å². The van der Waals surface area contributed by atoms with E-state index in [1.807, 2.05) is 25.1 Å². The van der Waals surface area contributed by atoms with Crippen LogP contribution in [0, 0.1) is 18.3 Å². The minimum atomic E-state index is 0.313. The van der Waals surface area contributed by atoms with Crippen LogP contribution in [0.25, 0.3) is 10.8 Å². The number of hydrogen-bond acceptors (Lipinski definition) is 4. The third-order valence-corrected chi connectivity index (χ3v) is 4.25. The molecule has 3 rings (SSSR count). The fourth-order valence-electron chi connectivity index (χ4n) is 2.25. The predicted molar refractivity (Wildman–Crippen MR) is 92.8 cm³/mol. The highest BCUT2D eigenvalue weighted by Gasteiger charge is 2.09. The van der Waals surface area contributed by atoms with Crippen molar-refractivity contribution in [1.82, 2.24) is 10.2 Å². The molecule has 0 amide bonds. The second-order valence-corrected chi connectivity index (χ2v) is 5.91. The Kier molecular flexibility index (Phi) is 4.33. The second kappa shape index (κ2) is 6.41.